The van der Waals surface area contributed by atoms with Crippen molar-refractivity contribution in [3.63, 3.8) is 0 Å². The van der Waals surface area contributed by atoms with Crippen LogP contribution in [0.4, 0.5) is 10.5 Å². The number of ketones is 1. The number of aryl methyl sites for hydroxylation is 2. The van der Waals surface area contributed by atoms with Crippen LogP contribution in [0.25, 0.3) is 6.08 Å². The molecule has 0 saturated carbocycles. The Bertz CT molecular complexity index is 847. The minimum absolute atomic E-state index is 0.155. The van der Waals surface area contributed by atoms with Crippen molar-refractivity contribution >= 4 is 23.6 Å². The summed E-state index contributed by atoms with van der Waals surface area (Å²) in [4.78, 5) is 25.6. The van der Waals surface area contributed by atoms with Crippen molar-refractivity contribution in [2.75, 3.05) is 18.1 Å². The van der Waals surface area contributed by atoms with Crippen molar-refractivity contribution in [2.45, 2.75) is 13.8 Å². The summed E-state index contributed by atoms with van der Waals surface area (Å²) in [6, 6.07) is 10.6. The van der Waals surface area contributed by atoms with Crippen LogP contribution in [0.3, 0.4) is 0 Å². The molecule has 0 atom stereocenters. The minimum atomic E-state index is -0.393. The lowest BCUT2D eigenvalue weighted by atomic mass is 10.0. The number of amides is 1. The second-order valence-corrected chi connectivity index (χ2v) is 6.02. The molecule has 5 nitrogen and oxygen atoms in total. The van der Waals surface area contributed by atoms with E-state index >= 15 is 0 Å². The van der Waals surface area contributed by atoms with E-state index in [4.69, 9.17) is 4.74 Å². The smallest absolute Gasteiger partial charge is 0.414 e. The van der Waals surface area contributed by atoms with Gasteiger partial charge in [0.15, 0.2) is 5.78 Å². The molecule has 1 fully saturated rings. The number of cyclic esters (lactones) is 1. The van der Waals surface area contributed by atoms with E-state index in [0.29, 0.717) is 24.4 Å². The molecule has 1 heterocycles. The van der Waals surface area contributed by atoms with Crippen LogP contribution in [0.2, 0.25) is 0 Å². The summed E-state index contributed by atoms with van der Waals surface area (Å²) in [5, 5.41) is 9.81. The van der Waals surface area contributed by atoms with Gasteiger partial charge in [-0.25, -0.2) is 4.79 Å². The van der Waals surface area contributed by atoms with Crippen molar-refractivity contribution < 1.29 is 19.4 Å². The molecule has 0 aliphatic carbocycles. The Labute approximate surface area is 146 Å². The van der Waals surface area contributed by atoms with Gasteiger partial charge in [-0.3, -0.25) is 9.69 Å². The number of carbonyl (C=O) groups excluding carboxylic acids is 2. The molecule has 0 aromatic heterocycles. The van der Waals surface area contributed by atoms with Gasteiger partial charge >= 0.3 is 6.09 Å². The number of carbonyl (C=O) groups is 2. The lowest BCUT2D eigenvalue weighted by Gasteiger charge is -2.13. The number of benzene rings is 2. The molecule has 25 heavy (non-hydrogen) atoms. The fraction of sp³-hybridized carbons (Fsp3) is 0.200. The number of anilines is 1. The molecule has 128 valence electrons. The number of aromatic hydroxyl groups is 1. The second-order valence-electron chi connectivity index (χ2n) is 6.02. The Balaban J connectivity index is 1.80. The zero-order valence-corrected chi connectivity index (χ0v) is 14.2. The van der Waals surface area contributed by atoms with Crippen LogP contribution >= 0.6 is 0 Å². The first-order valence-electron chi connectivity index (χ1n) is 8.02. The fourth-order valence-electron chi connectivity index (χ4n) is 2.81. The topological polar surface area (TPSA) is 66.8 Å². The minimum Gasteiger partial charge on any atom is -0.507 e. The number of nitrogens with zero attached hydrogens (tertiary/aromatic N) is 1. The van der Waals surface area contributed by atoms with Crippen LogP contribution in [0.1, 0.15) is 27.0 Å². The van der Waals surface area contributed by atoms with Gasteiger partial charge in [0.25, 0.3) is 0 Å². The maximum atomic E-state index is 12.4. The first-order chi connectivity index (χ1) is 12.0. The van der Waals surface area contributed by atoms with E-state index in [9.17, 15) is 14.7 Å². The van der Waals surface area contributed by atoms with Gasteiger partial charge in [0, 0.05) is 11.3 Å². The van der Waals surface area contributed by atoms with E-state index < -0.39 is 6.09 Å². The molecule has 0 radical (unpaired) electrons. The molecule has 1 aliphatic rings. The zero-order chi connectivity index (χ0) is 18.0. The molecule has 2 aromatic carbocycles. The van der Waals surface area contributed by atoms with Crippen molar-refractivity contribution in [3.05, 3.63) is 64.7 Å². The standard InChI is InChI=1S/C20H19NO4/c1-13-10-15(11-14(2)19(13)23)6-7-18(22)16-4-3-5-17(12-16)21-8-9-25-20(21)24/h3-7,10-12,23H,8-9H2,1-2H3. The van der Waals surface area contributed by atoms with Crippen molar-refractivity contribution in [3.8, 4) is 5.75 Å². The van der Waals surface area contributed by atoms with Crippen molar-refractivity contribution in [1.82, 2.24) is 0 Å². The summed E-state index contributed by atoms with van der Waals surface area (Å²) < 4.78 is 4.93. The highest BCUT2D eigenvalue weighted by Gasteiger charge is 2.23. The molecule has 1 aliphatic heterocycles. The van der Waals surface area contributed by atoms with Crippen LogP contribution < -0.4 is 4.90 Å². The Kier molecular flexibility index (Phi) is 4.57. The quantitative estimate of drug-likeness (QED) is 0.679. The summed E-state index contributed by atoms with van der Waals surface area (Å²) in [6.07, 6.45) is 2.82. The largest absolute Gasteiger partial charge is 0.507 e. The van der Waals surface area contributed by atoms with Gasteiger partial charge in [-0.05, 0) is 60.9 Å². The van der Waals surface area contributed by atoms with Crippen LogP contribution in [-0.2, 0) is 4.74 Å². The zero-order valence-electron chi connectivity index (χ0n) is 14.2. The van der Waals surface area contributed by atoms with Crippen LogP contribution in [0, 0.1) is 13.8 Å². The average molecular weight is 337 g/mol. The third-order valence-corrected chi connectivity index (χ3v) is 4.14. The first-order valence-corrected chi connectivity index (χ1v) is 8.02. The van der Waals surface area contributed by atoms with Crippen LogP contribution in [0.15, 0.2) is 42.5 Å². The Morgan fingerprint density at radius 3 is 2.56 bits per heavy atom. The fourth-order valence-corrected chi connectivity index (χ4v) is 2.81. The second kappa shape index (κ2) is 6.81. The molecule has 0 unspecified atom stereocenters. The molecule has 2 aromatic rings. The van der Waals surface area contributed by atoms with Crippen molar-refractivity contribution in [1.29, 1.82) is 0 Å². The predicted molar refractivity (Wildman–Crippen MR) is 96.1 cm³/mol. The summed E-state index contributed by atoms with van der Waals surface area (Å²) in [6.45, 7) is 4.48. The normalized spacial score (nSPS) is 14.2. The molecular weight excluding hydrogens is 318 g/mol. The summed E-state index contributed by atoms with van der Waals surface area (Å²) >= 11 is 0. The number of hydrogen-bond acceptors (Lipinski definition) is 4. The predicted octanol–water partition coefficient (Wildman–Crippen LogP) is 3.86. The monoisotopic (exact) mass is 337 g/mol. The van der Waals surface area contributed by atoms with Gasteiger partial charge in [0.05, 0.1) is 6.54 Å². The van der Waals surface area contributed by atoms with Gasteiger partial charge in [-0.1, -0.05) is 18.2 Å². The van der Waals surface area contributed by atoms with E-state index in [1.54, 1.807) is 30.3 Å². The summed E-state index contributed by atoms with van der Waals surface area (Å²) in [5.41, 5.74) is 3.53. The van der Waals surface area contributed by atoms with Gasteiger partial charge in [-0.2, -0.15) is 0 Å². The van der Waals surface area contributed by atoms with E-state index in [2.05, 4.69) is 0 Å². The van der Waals surface area contributed by atoms with Gasteiger partial charge in [0.1, 0.15) is 12.4 Å². The van der Waals surface area contributed by atoms with E-state index in [0.717, 1.165) is 16.7 Å². The van der Waals surface area contributed by atoms with Crippen LogP contribution in [0.5, 0.6) is 5.75 Å². The number of phenolic OH excluding ortho intramolecular Hbond substituents is 1. The number of hydrogen-bond donors (Lipinski definition) is 1. The lowest BCUT2D eigenvalue weighted by molar-refractivity contribution is 0.104. The van der Waals surface area contributed by atoms with E-state index in [-0.39, 0.29) is 11.5 Å². The lowest BCUT2D eigenvalue weighted by Crippen LogP contribution is -2.23. The molecule has 0 spiro atoms. The number of allylic oxidation sites excluding steroid dienone is 1. The van der Waals surface area contributed by atoms with E-state index in [1.807, 2.05) is 26.0 Å². The Hall–Kier alpha value is -3.08. The van der Waals surface area contributed by atoms with Gasteiger partial charge < -0.3 is 9.84 Å². The molecule has 3 rings (SSSR count). The highest BCUT2D eigenvalue weighted by atomic mass is 16.6. The Morgan fingerprint density at radius 2 is 1.92 bits per heavy atom. The molecular formula is C20H19NO4. The highest BCUT2D eigenvalue weighted by molar-refractivity contribution is 6.07. The number of ether oxygens (including phenoxy) is 1. The summed E-state index contributed by atoms with van der Waals surface area (Å²) in [7, 11) is 0. The molecule has 1 N–H and O–H groups in total. The molecule has 1 amide bonds. The highest BCUT2D eigenvalue weighted by Crippen LogP contribution is 2.24. The SMILES string of the molecule is Cc1cc(C=CC(=O)c2cccc(N3CCOC3=O)c2)cc(C)c1O. The third kappa shape index (κ3) is 3.55. The average Bonchev–Trinajstić information content (AvgIpc) is 3.03. The number of rotatable bonds is 4. The van der Waals surface area contributed by atoms with Gasteiger partial charge in [-0.15, -0.1) is 0 Å². The number of phenols is 1. The molecule has 5 heteroatoms. The first kappa shape index (κ1) is 16.8. The van der Waals surface area contributed by atoms with E-state index in [1.165, 1.54) is 11.0 Å². The molecule has 0 bridgehead atoms. The maximum Gasteiger partial charge on any atom is 0.414 e. The van der Waals surface area contributed by atoms with Gasteiger partial charge in [0.2, 0.25) is 0 Å². The summed E-state index contributed by atoms with van der Waals surface area (Å²) in [5.74, 6) is 0.117. The van der Waals surface area contributed by atoms with Crippen LogP contribution in [-0.4, -0.2) is 30.1 Å². The molecule has 1 saturated heterocycles. The van der Waals surface area contributed by atoms with Crippen molar-refractivity contribution in [2.24, 2.45) is 0 Å². The maximum absolute atomic E-state index is 12.4. The Morgan fingerprint density at radius 1 is 1.20 bits per heavy atom. The third-order valence-electron chi connectivity index (χ3n) is 4.14.